The molecule has 6 heteroatoms. The van der Waals surface area contributed by atoms with Crippen LogP contribution in [0, 0.1) is 0 Å². The lowest BCUT2D eigenvalue weighted by molar-refractivity contribution is -0.121. The van der Waals surface area contributed by atoms with Gasteiger partial charge in [-0.25, -0.2) is 0 Å². The number of amides is 1. The molecule has 24 heavy (non-hydrogen) atoms. The normalized spacial score (nSPS) is 28.0. The molecule has 0 saturated carbocycles. The third-order valence-electron chi connectivity index (χ3n) is 5.65. The number of hydrogen-bond acceptors (Lipinski definition) is 5. The third kappa shape index (κ3) is 2.96. The molecule has 0 aromatic heterocycles. The summed E-state index contributed by atoms with van der Waals surface area (Å²) in [6.45, 7) is 5.10. The van der Waals surface area contributed by atoms with Gasteiger partial charge in [0.05, 0.1) is 0 Å². The molecule has 3 aliphatic heterocycles. The standard InChI is InChI=1S/C18H25N3O3/c1-20-8-9-21(12-18(20)5-4-17(22)19-7-6-18)11-14-2-3-15-16(10-14)24-13-23-15/h2-3,10H,4-9,11-13H2,1H3,(H,19,22)/t18-/m1/s1. The van der Waals surface area contributed by atoms with Crippen molar-refractivity contribution in [3.05, 3.63) is 23.8 Å². The predicted molar refractivity (Wildman–Crippen MR) is 90.1 cm³/mol. The van der Waals surface area contributed by atoms with Gasteiger partial charge in [-0.3, -0.25) is 14.6 Å². The highest BCUT2D eigenvalue weighted by Gasteiger charge is 2.40. The van der Waals surface area contributed by atoms with E-state index in [0.29, 0.717) is 13.2 Å². The predicted octanol–water partition coefficient (Wildman–Crippen LogP) is 1.20. The first kappa shape index (κ1) is 15.7. The largest absolute Gasteiger partial charge is 0.454 e. The first-order valence-corrected chi connectivity index (χ1v) is 8.73. The molecule has 3 aliphatic rings. The lowest BCUT2D eigenvalue weighted by atomic mass is 9.86. The van der Waals surface area contributed by atoms with Crippen molar-refractivity contribution < 1.29 is 14.3 Å². The van der Waals surface area contributed by atoms with Gasteiger partial charge in [-0.05, 0) is 37.6 Å². The first-order chi connectivity index (χ1) is 11.6. The average molecular weight is 331 g/mol. The molecule has 0 unspecified atom stereocenters. The third-order valence-corrected chi connectivity index (χ3v) is 5.65. The van der Waals surface area contributed by atoms with Crippen LogP contribution in [0.2, 0.25) is 0 Å². The smallest absolute Gasteiger partial charge is 0.231 e. The summed E-state index contributed by atoms with van der Waals surface area (Å²) in [6.07, 6.45) is 2.59. The monoisotopic (exact) mass is 331 g/mol. The molecule has 1 aromatic rings. The van der Waals surface area contributed by atoms with E-state index >= 15 is 0 Å². The summed E-state index contributed by atoms with van der Waals surface area (Å²) >= 11 is 0. The highest BCUT2D eigenvalue weighted by Crippen LogP contribution is 2.34. The van der Waals surface area contributed by atoms with Gasteiger partial charge in [0.2, 0.25) is 12.7 Å². The molecule has 1 aromatic carbocycles. The van der Waals surface area contributed by atoms with E-state index in [0.717, 1.165) is 57.1 Å². The zero-order valence-corrected chi connectivity index (χ0v) is 14.2. The van der Waals surface area contributed by atoms with Crippen molar-refractivity contribution in [1.82, 2.24) is 15.1 Å². The Labute approximate surface area is 142 Å². The Balaban J connectivity index is 1.47. The molecule has 2 fully saturated rings. The van der Waals surface area contributed by atoms with E-state index in [1.165, 1.54) is 5.56 Å². The van der Waals surface area contributed by atoms with Gasteiger partial charge < -0.3 is 14.8 Å². The zero-order valence-electron chi connectivity index (χ0n) is 14.2. The van der Waals surface area contributed by atoms with Crippen LogP contribution in [0.3, 0.4) is 0 Å². The number of carbonyl (C=O) groups excluding carboxylic acids is 1. The molecule has 0 aliphatic carbocycles. The number of carbonyl (C=O) groups is 1. The van der Waals surface area contributed by atoms with Gasteiger partial charge in [0, 0.05) is 44.7 Å². The number of hydrogen-bond donors (Lipinski definition) is 1. The van der Waals surface area contributed by atoms with E-state index in [-0.39, 0.29) is 11.4 Å². The number of benzene rings is 1. The van der Waals surface area contributed by atoms with Gasteiger partial charge in [-0.1, -0.05) is 6.07 Å². The van der Waals surface area contributed by atoms with Crippen LogP contribution in [0.4, 0.5) is 0 Å². The topological polar surface area (TPSA) is 54.0 Å². The fourth-order valence-electron chi connectivity index (χ4n) is 4.11. The molecule has 1 amide bonds. The van der Waals surface area contributed by atoms with E-state index in [1.54, 1.807) is 0 Å². The van der Waals surface area contributed by atoms with Crippen molar-refractivity contribution in [2.24, 2.45) is 0 Å². The van der Waals surface area contributed by atoms with Gasteiger partial charge in [0.15, 0.2) is 11.5 Å². The van der Waals surface area contributed by atoms with Crippen molar-refractivity contribution >= 4 is 5.91 Å². The van der Waals surface area contributed by atoms with Crippen LogP contribution in [0.1, 0.15) is 24.8 Å². The Morgan fingerprint density at radius 2 is 2.08 bits per heavy atom. The summed E-state index contributed by atoms with van der Waals surface area (Å²) in [5, 5.41) is 3.01. The van der Waals surface area contributed by atoms with Crippen molar-refractivity contribution in [2.45, 2.75) is 31.3 Å². The second kappa shape index (κ2) is 6.26. The Bertz CT molecular complexity index is 636. The molecule has 6 nitrogen and oxygen atoms in total. The van der Waals surface area contributed by atoms with Gasteiger partial charge >= 0.3 is 0 Å². The van der Waals surface area contributed by atoms with Gasteiger partial charge in [0.1, 0.15) is 0 Å². The maximum atomic E-state index is 11.7. The van der Waals surface area contributed by atoms with Crippen molar-refractivity contribution in [3.8, 4) is 11.5 Å². The van der Waals surface area contributed by atoms with Crippen molar-refractivity contribution in [2.75, 3.05) is 40.0 Å². The van der Waals surface area contributed by atoms with Crippen LogP contribution >= 0.6 is 0 Å². The summed E-state index contributed by atoms with van der Waals surface area (Å²) in [7, 11) is 2.20. The maximum absolute atomic E-state index is 11.7. The van der Waals surface area contributed by atoms with Crippen LogP contribution in [-0.2, 0) is 11.3 Å². The van der Waals surface area contributed by atoms with E-state index in [2.05, 4.69) is 34.3 Å². The van der Waals surface area contributed by atoms with Crippen LogP contribution in [0.25, 0.3) is 0 Å². The van der Waals surface area contributed by atoms with Crippen molar-refractivity contribution in [3.63, 3.8) is 0 Å². The minimum absolute atomic E-state index is 0.105. The number of ether oxygens (including phenoxy) is 2. The summed E-state index contributed by atoms with van der Waals surface area (Å²) < 4.78 is 10.9. The number of nitrogens with zero attached hydrogens (tertiary/aromatic N) is 2. The number of rotatable bonds is 2. The number of likely N-dealkylation sites (N-methyl/N-ethyl adjacent to an activating group) is 1. The van der Waals surface area contributed by atoms with Crippen LogP contribution in [0.5, 0.6) is 11.5 Å². The second-order valence-corrected chi connectivity index (χ2v) is 7.14. The van der Waals surface area contributed by atoms with E-state index in [9.17, 15) is 4.79 Å². The Morgan fingerprint density at radius 1 is 1.21 bits per heavy atom. The molecule has 0 bridgehead atoms. The highest BCUT2D eigenvalue weighted by atomic mass is 16.7. The van der Waals surface area contributed by atoms with E-state index in [4.69, 9.17) is 9.47 Å². The Kier molecular flexibility index (Phi) is 4.10. The molecule has 2 saturated heterocycles. The summed E-state index contributed by atoms with van der Waals surface area (Å²) in [6, 6.07) is 6.21. The molecule has 0 radical (unpaired) electrons. The highest BCUT2D eigenvalue weighted by molar-refractivity contribution is 5.76. The fourth-order valence-corrected chi connectivity index (χ4v) is 4.11. The van der Waals surface area contributed by atoms with Gasteiger partial charge in [-0.2, -0.15) is 0 Å². The lowest BCUT2D eigenvalue weighted by Gasteiger charge is -2.49. The number of fused-ring (bicyclic) bond motifs is 1. The summed E-state index contributed by atoms with van der Waals surface area (Å²) in [4.78, 5) is 16.7. The minimum atomic E-state index is 0.105. The van der Waals surface area contributed by atoms with E-state index in [1.807, 2.05) is 6.07 Å². The average Bonchev–Trinajstić information content (AvgIpc) is 2.96. The van der Waals surface area contributed by atoms with Crippen LogP contribution in [0.15, 0.2) is 18.2 Å². The molecular formula is C18H25N3O3. The Hall–Kier alpha value is -1.79. The first-order valence-electron chi connectivity index (χ1n) is 8.73. The molecule has 1 N–H and O–H groups in total. The molecule has 4 rings (SSSR count). The number of piperazine rings is 1. The maximum Gasteiger partial charge on any atom is 0.231 e. The lowest BCUT2D eigenvalue weighted by Crippen LogP contribution is -2.60. The molecular weight excluding hydrogens is 306 g/mol. The van der Waals surface area contributed by atoms with Crippen molar-refractivity contribution in [1.29, 1.82) is 0 Å². The van der Waals surface area contributed by atoms with E-state index < -0.39 is 0 Å². The quantitative estimate of drug-likeness (QED) is 0.883. The second-order valence-electron chi connectivity index (χ2n) is 7.14. The SMILES string of the molecule is CN1CCN(Cc2ccc3c(c2)OCO3)C[C@@]12CCNC(=O)CC2. The van der Waals surface area contributed by atoms with Crippen LogP contribution < -0.4 is 14.8 Å². The summed E-state index contributed by atoms with van der Waals surface area (Å²) in [5.41, 5.74) is 1.36. The fraction of sp³-hybridized carbons (Fsp3) is 0.611. The Morgan fingerprint density at radius 3 is 3.00 bits per heavy atom. The zero-order chi connectivity index (χ0) is 16.6. The number of nitrogens with one attached hydrogen (secondary N) is 1. The van der Waals surface area contributed by atoms with Crippen LogP contribution in [-0.4, -0.2) is 61.3 Å². The minimum Gasteiger partial charge on any atom is -0.454 e. The van der Waals surface area contributed by atoms with Gasteiger partial charge in [0.25, 0.3) is 0 Å². The molecule has 130 valence electrons. The summed E-state index contributed by atoms with van der Waals surface area (Å²) in [5.74, 6) is 1.87. The molecule has 1 atom stereocenters. The van der Waals surface area contributed by atoms with Gasteiger partial charge in [-0.15, -0.1) is 0 Å². The molecule has 3 heterocycles. The molecule has 1 spiro atoms.